The molecule has 0 aromatic heterocycles. The minimum atomic E-state index is -0.135. The molecule has 0 N–H and O–H groups in total. The predicted molar refractivity (Wildman–Crippen MR) is 151 cm³/mol. The lowest BCUT2D eigenvalue weighted by Crippen LogP contribution is -2.51. The van der Waals surface area contributed by atoms with E-state index in [0.717, 1.165) is 95.2 Å². The number of amides is 2. The van der Waals surface area contributed by atoms with Crippen LogP contribution in [0.1, 0.15) is 87.1 Å². The van der Waals surface area contributed by atoms with E-state index >= 15 is 0 Å². The average molecular weight is 521 g/mol. The van der Waals surface area contributed by atoms with Crippen LogP contribution < -0.4 is 9.47 Å². The molecular weight excluding hydrogens is 476 g/mol. The Bertz CT molecular complexity index is 1060. The van der Waals surface area contributed by atoms with Crippen LogP contribution in [0.15, 0.2) is 48.5 Å². The highest BCUT2D eigenvalue weighted by molar-refractivity contribution is 5.97. The van der Waals surface area contributed by atoms with Crippen molar-refractivity contribution in [3.63, 3.8) is 0 Å². The van der Waals surface area contributed by atoms with Crippen molar-refractivity contribution < 1.29 is 19.1 Å². The molecule has 6 heteroatoms. The molecule has 2 amide bonds. The first kappa shape index (κ1) is 28.0. The summed E-state index contributed by atoms with van der Waals surface area (Å²) in [5, 5.41) is 0. The zero-order chi connectivity index (χ0) is 26.7. The number of carbonyl (C=O) groups excluding carboxylic acids is 2. The molecule has 1 fully saturated rings. The van der Waals surface area contributed by atoms with Gasteiger partial charge in [-0.2, -0.15) is 0 Å². The fourth-order valence-electron chi connectivity index (χ4n) is 5.94. The molecule has 6 nitrogen and oxygen atoms in total. The molecule has 0 radical (unpaired) electrons. The van der Waals surface area contributed by atoms with E-state index in [0.29, 0.717) is 17.7 Å². The molecule has 1 aliphatic heterocycles. The molecule has 2 aromatic carbocycles. The molecule has 206 valence electrons. The molecule has 1 aliphatic carbocycles. The largest absolute Gasteiger partial charge is 0.496 e. The van der Waals surface area contributed by atoms with Crippen LogP contribution in [-0.2, 0) is 11.2 Å². The van der Waals surface area contributed by atoms with Gasteiger partial charge in [-0.1, -0.05) is 62.9 Å². The second-order valence-electron chi connectivity index (χ2n) is 10.6. The van der Waals surface area contributed by atoms with Crippen LogP contribution in [0.2, 0.25) is 0 Å². The summed E-state index contributed by atoms with van der Waals surface area (Å²) in [5.74, 6) is 1.56. The maximum absolute atomic E-state index is 13.9. The second kappa shape index (κ2) is 14.2. The number of hydrogen-bond acceptors (Lipinski definition) is 4. The van der Waals surface area contributed by atoms with Gasteiger partial charge in [-0.15, -0.1) is 0 Å². The lowest BCUT2D eigenvalue weighted by molar-refractivity contribution is -0.136. The van der Waals surface area contributed by atoms with Gasteiger partial charge in [-0.3, -0.25) is 9.59 Å². The molecular formula is C32H44N2O4. The number of benzene rings is 2. The Morgan fingerprint density at radius 1 is 0.921 bits per heavy atom. The van der Waals surface area contributed by atoms with Crippen molar-refractivity contribution in [3.8, 4) is 11.5 Å². The van der Waals surface area contributed by atoms with Gasteiger partial charge in [0.1, 0.15) is 17.6 Å². The maximum Gasteiger partial charge on any atom is 0.257 e. The summed E-state index contributed by atoms with van der Waals surface area (Å²) in [5.41, 5.74) is 1.54. The van der Waals surface area contributed by atoms with Crippen LogP contribution in [0, 0.1) is 0 Å². The molecule has 2 aliphatic rings. The van der Waals surface area contributed by atoms with Crippen LogP contribution in [-0.4, -0.2) is 60.5 Å². The summed E-state index contributed by atoms with van der Waals surface area (Å²) < 4.78 is 12.2. The first-order valence-electron chi connectivity index (χ1n) is 14.6. The van der Waals surface area contributed by atoms with Gasteiger partial charge in [0.05, 0.1) is 25.1 Å². The zero-order valence-electron chi connectivity index (χ0n) is 23.2. The normalized spacial score (nSPS) is 21.4. The molecule has 38 heavy (non-hydrogen) atoms. The minimum absolute atomic E-state index is 0.00834. The van der Waals surface area contributed by atoms with E-state index in [1.165, 1.54) is 0 Å². The van der Waals surface area contributed by atoms with Crippen LogP contribution in [0.3, 0.4) is 0 Å². The highest BCUT2D eigenvalue weighted by Gasteiger charge is 2.35. The van der Waals surface area contributed by atoms with E-state index in [2.05, 4.69) is 11.8 Å². The summed E-state index contributed by atoms with van der Waals surface area (Å²) >= 11 is 0. The Hall–Kier alpha value is -3.02. The topological polar surface area (TPSA) is 59.1 Å². The fourth-order valence-corrected chi connectivity index (χ4v) is 5.94. The first-order chi connectivity index (χ1) is 18.6. The Morgan fingerprint density at radius 3 is 2.45 bits per heavy atom. The first-order valence-corrected chi connectivity index (χ1v) is 14.6. The van der Waals surface area contributed by atoms with Crippen molar-refractivity contribution in [2.45, 2.75) is 89.7 Å². The van der Waals surface area contributed by atoms with Gasteiger partial charge >= 0.3 is 0 Å². The van der Waals surface area contributed by atoms with Crippen LogP contribution in [0.4, 0.5) is 0 Å². The molecule has 1 saturated carbocycles. The lowest BCUT2D eigenvalue weighted by atomic mass is 9.90. The Kier molecular flexibility index (Phi) is 10.5. The van der Waals surface area contributed by atoms with Crippen molar-refractivity contribution in [3.05, 3.63) is 59.7 Å². The van der Waals surface area contributed by atoms with E-state index in [-0.39, 0.29) is 24.0 Å². The number of methoxy groups -OCH3 is 1. The molecule has 0 unspecified atom stereocenters. The molecule has 1 heterocycles. The Balaban J connectivity index is 1.63. The van der Waals surface area contributed by atoms with E-state index in [1.54, 1.807) is 7.11 Å². The molecule has 4 rings (SSSR count). The van der Waals surface area contributed by atoms with Crippen LogP contribution in [0.5, 0.6) is 11.5 Å². The summed E-state index contributed by atoms with van der Waals surface area (Å²) in [4.78, 5) is 31.6. The predicted octanol–water partition coefficient (Wildman–Crippen LogP) is 6.27. The van der Waals surface area contributed by atoms with Crippen molar-refractivity contribution in [2.75, 3.05) is 26.7 Å². The third kappa shape index (κ3) is 7.09. The average Bonchev–Trinajstić information content (AvgIpc) is 2.94. The standard InChI is InChI=1S/C32H44N2O4/c1-3-21-33-22-13-5-4-6-14-23-34(31(35)24-25-15-7-10-18-28(25)37-2)27-17-9-12-20-30(27)38-29-19-11-8-16-26(29)32(33)36/h7-8,10-11,15-16,18-19,27,30H,3-6,9,12-14,17,20-24H2,1-2H3/t27-,30+/m1/s1. The zero-order valence-corrected chi connectivity index (χ0v) is 23.2. The summed E-state index contributed by atoms with van der Waals surface area (Å²) in [6, 6.07) is 15.4. The number of rotatable bonds is 5. The number of ether oxygens (including phenoxy) is 2. The quantitative estimate of drug-likeness (QED) is 0.466. The van der Waals surface area contributed by atoms with Gasteiger partial charge in [-0.25, -0.2) is 0 Å². The van der Waals surface area contributed by atoms with E-state index in [1.807, 2.05) is 53.4 Å². The van der Waals surface area contributed by atoms with Gasteiger partial charge in [0.15, 0.2) is 0 Å². The van der Waals surface area contributed by atoms with E-state index in [4.69, 9.17) is 9.47 Å². The van der Waals surface area contributed by atoms with Crippen molar-refractivity contribution in [1.29, 1.82) is 0 Å². The summed E-state index contributed by atoms with van der Waals surface area (Å²) in [7, 11) is 1.65. The minimum Gasteiger partial charge on any atom is -0.496 e. The van der Waals surface area contributed by atoms with Crippen molar-refractivity contribution in [2.24, 2.45) is 0 Å². The number of para-hydroxylation sites is 2. The van der Waals surface area contributed by atoms with Gasteiger partial charge < -0.3 is 19.3 Å². The summed E-state index contributed by atoms with van der Waals surface area (Å²) in [6.07, 6.45) is 10.3. The number of hydrogen-bond donors (Lipinski definition) is 0. The third-order valence-corrected chi connectivity index (χ3v) is 7.93. The highest BCUT2D eigenvalue weighted by Crippen LogP contribution is 2.31. The van der Waals surface area contributed by atoms with Gasteiger partial charge in [0.2, 0.25) is 5.91 Å². The van der Waals surface area contributed by atoms with E-state index in [9.17, 15) is 9.59 Å². The fraction of sp³-hybridized carbons (Fsp3) is 0.562. The smallest absolute Gasteiger partial charge is 0.257 e. The molecule has 2 atom stereocenters. The van der Waals surface area contributed by atoms with E-state index < -0.39 is 0 Å². The molecule has 2 aromatic rings. The van der Waals surface area contributed by atoms with Crippen molar-refractivity contribution >= 4 is 11.8 Å². The van der Waals surface area contributed by atoms with Gasteiger partial charge in [0.25, 0.3) is 5.91 Å². The van der Waals surface area contributed by atoms with Gasteiger partial charge in [0, 0.05) is 25.2 Å². The lowest BCUT2D eigenvalue weighted by Gasteiger charge is -2.40. The molecule has 0 bridgehead atoms. The Labute approximate surface area is 228 Å². The highest BCUT2D eigenvalue weighted by atomic mass is 16.5. The number of fused-ring (bicyclic) bond motifs is 2. The summed E-state index contributed by atoms with van der Waals surface area (Å²) in [6.45, 7) is 4.39. The van der Waals surface area contributed by atoms with Crippen molar-refractivity contribution in [1.82, 2.24) is 9.80 Å². The van der Waals surface area contributed by atoms with Gasteiger partial charge in [-0.05, 0) is 56.7 Å². The van der Waals surface area contributed by atoms with Crippen LogP contribution >= 0.6 is 0 Å². The molecule has 0 spiro atoms. The second-order valence-corrected chi connectivity index (χ2v) is 10.6. The molecule has 0 saturated heterocycles. The maximum atomic E-state index is 13.9. The number of nitrogens with zero attached hydrogens (tertiary/aromatic N) is 2. The third-order valence-electron chi connectivity index (χ3n) is 7.93. The Morgan fingerprint density at radius 2 is 1.63 bits per heavy atom. The SMILES string of the molecule is CCCN1CCCCCCCN(C(=O)Cc2ccccc2OC)[C@@H]2CCCC[C@@H]2Oc2ccccc2C1=O. The number of carbonyl (C=O) groups is 2. The van der Waals surface area contributed by atoms with Crippen LogP contribution in [0.25, 0.3) is 0 Å². The monoisotopic (exact) mass is 520 g/mol.